The number of hydrogen-bond donors (Lipinski definition) is 1. The number of methoxy groups -OCH3 is 1. The van der Waals surface area contributed by atoms with E-state index in [0.717, 1.165) is 24.2 Å². The molecule has 1 heterocycles. The lowest BCUT2D eigenvalue weighted by Gasteiger charge is -2.14. The molecule has 0 bridgehead atoms. The van der Waals surface area contributed by atoms with Crippen molar-refractivity contribution in [1.29, 1.82) is 0 Å². The molecular weight excluding hydrogens is 272 g/mol. The Balaban J connectivity index is 2.09. The lowest BCUT2D eigenvalue weighted by atomic mass is 10.1. The van der Waals surface area contributed by atoms with Crippen molar-refractivity contribution >= 4 is 11.5 Å². The third-order valence-electron chi connectivity index (χ3n) is 3.97. The summed E-state index contributed by atoms with van der Waals surface area (Å²) in [5.74, 6) is 0.871. The number of nitrogen functional groups attached to an aromatic ring is 1. The van der Waals surface area contributed by atoms with Crippen LogP contribution >= 0.6 is 0 Å². The van der Waals surface area contributed by atoms with Gasteiger partial charge in [-0.2, -0.15) is 5.10 Å². The fraction of sp³-hybridized carbons (Fsp3) is 0.357. The molecule has 7 nitrogen and oxygen atoms in total. The first-order valence-electron chi connectivity index (χ1n) is 6.68. The lowest BCUT2D eigenvalue weighted by Crippen LogP contribution is -2.12. The molecule has 1 aliphatic rings. The van der Waals surface area contributed by atoms with Crippen molar-refractivity contribution < 1.29 is 9.66 Å². The van der Waals surface area contributed by atoms with Crippen LogP contribution in [0, 0.1) is 17.0 Å². The van der Waals surface area contributed by atoms with E-state index in [2.05, 4.69) is 5.10 Å². The minimum absolute atomic E-state index is 0.0810. The van der Waals surface area contributed by atoms with E-state index in [0.29, 0.717) is 5.69 Å². The van der Waals surface area contributed by atoms with Crippen molar-refractivity contribution in [2.24, 2.45) is 0 Å². The summed E-state index contributed by atoms with van der Waals surface area (Å²) in [5, 5.41) is 15.3. The highest BCUT2D eigenvalue weighted by Gasteiger charge is 2.31. The molecule has 2 aromatic rings. The molecule has 3 rings (SSSR count). The van der Waals surface area contributed by atoms with E-state index >= 15 is 0 Å². The summed E-state index contributed by atoms with van der Waals surface area (Å²) in [6, 6.07) is 5.81. The second-order valence-corrected chi connectivity index (χ2v) is 5.14. The maximum absolute atomic E-state index is 11.1. The molecule has 0 saturated carbocycles. The van der Waals surface area contributed by atoms with Crippen LogP contribution in [0.5, 0.6) is 5.75 Å². The van der Waals surface area contributed by atoms with Crippen molar-refractivity contribution in [2.45, 2.75) is 25.8 Å². The highest BCUT2D eigenvalue weighted by atomic mass is 16.6. The number of nitrogens with two attached hydrogens (primary N) is 1. The first-order valence-corrected chi connectivity index (χ1v) is 6.68. The number of anilines is 1. The van der Waals surface area contributed by atoms with Gasteiger partial charge in [-0.3, -0.25) is 10.1 Å². The van der Waals surface area contributed by atoms with E-state index < -0.39 is 4.92 Å². The number of aromatic nitrogens is 2. The predicted molar refractivity (Wildman–Crippen MR) is 77.5 cm³/mol. The van der Waals surface area contributed by atoms with Gasteiger partial charge in [0.2, 0.25) is 5.82 Å². The number of aryl methyl sites for hydroxylation is 2. The lowest BCUT2D eigenvalue weighted by molar-refractivity contribution is -0.384. The van der Waals surface area contributed by atoms with Gasteiger partial charge in [0.1, 0.15) is 11.4 Å². The van der Waals surface area contributed by atoms with Crippen molar-refractivity contribution in [3.63, 3.8) is 0 Å². The fourth-order valence-corrected chi connectivity index (χ4v) is 2.96. The van der Waals surface area contributed by atoms with Crippen LogP contribution < -0.4 is 10.5 Å². The molecule has 0 aliphatic heterocycles. The number of fused-ring (bicyclic) bond motifs is 1. The molecular formula is C14H16N4O3. The zero-order valence-corrected chi connectivity index (χ0v) is 11.9. The van der Waals surface area contributed by atoms with E-state index in [9.17, 15) is 10.1 Å². The molecule has 21 heavy (non-hydrogen) atoms. The normalized spacial score (nSPS) is 16.8. The second kappa shape index (κ2) is 4.76. The van der Waals surface area contributed by atoms with Gasteiger partial charge in [0.05, 0.1) is 18.1 Å². The first-order chi connectivity index (χ1) is 10.0. The van der Waals surface area contributed by atoms with Crippen LogP contribution in [0.3, 0.4) is 0 Å². The molecule has 0 amide bonds. The van der Waals surface area contributed by atoms with Gasteiger partial charge in [-0.25, -0.2) is 4.68 Å². The molecule has 1 atom stereocenters. The van der Waals surface area contributed by atoms with Crippen molar-refractivity contribution in [1.82, 2.24) is 9.78 Å². The first kappa shape index (κ1) is 13.4. The van der Waals surface area contributed by atoms with E-state index in [1.54, 1.807) is 18.7 Å². The van der Waals surface area contributed by atoms with Gasteiger partial charge in [0.25, 0.3) is 0 Å². The molecule has 2 N–H and O–H groups in total. The van der Waals surface area contributed by atoms with Crippen molar-refractivity contribution in [2.75, 3.05) is 12.8 Å². The van der Waals surface area contributed by atoms with Gasteiger partial charge in [-0.15, -0.1) is 0 Å². The Morgan fingerprint density at radius 3 is 2.90 bits per heavy atom. The van der Waals surface area contributed by atoms with Gasteiger partial charge in [-0.05, 0) is 43.0 Å². The third kappa shape index (κ3) is 2.01. The van der Waals surface area contributed by atoms with E-state index in [4.69, 9.17) is 10.5 Å². The highest BCUT2D eigenvalue weighted by molar-refractivity contribution is 5.57. The van der Waals surface area contributed by atoms with Gasteiger partial charge < -0.3 is 10.5 Å². The Labute approximate surface area is 121 Å². The molecule has 7 heteroatoms. The van der Waals surface area contributed by atoms with Crippen molar-refractivity contribution in [3.05, 3.63) is 45.1 Å². The Hall–Kier alpha value is -2.57. The maximum Gasteiger partial charge on any atom is 0.333 e. The maximum atomic E-state index is 11.1. The Morgan fingerprint density at radius 1 is 1.52 bits per heavy atom. The summed E-state index contributed by atoms with van der Waals surface area (Å²) >= 11 is 0. The highest BCUT2D eigenvalue weighted by Crippen LogP contribution is 2.39. The zero-order chi connectivity index (χ0) is 15.1. The van der Waals surface area contributed by atoms with Gasteiger partial charge in [0.15, 0.2) is 0 Å². The number of ether oxygens (including phenoxy) is 1. The second-order valence-electron chi connectivity index (χ2n) is 5.14. The minimum Gasteiger partial charge on any atom is -0.497 e. The molecule has 1 aromatic heterocycles. The number of rotatable bonds is 3. The van der Waals surface area contributed by atoms with E-state index in [1.807, 2.05) is 18.2 Å². The van der Waals surface area contributed by atoms with Crippen LogP contribution in [0.2, 0.25) is 0 Å². The SMILES string of the molecule is COc1ccc2c(c1)C(n1nc(C)c([N+](=O)[O-])c1N)CC2. The van der Waals surface area contributed by atoms with Crippen LogP contribution in [-0.2, 0) is 6.42 Å². The molecule has 1 aliphatic carbocycles. The van der Waals surface area contributed by atoms with Gasteiger partial charge in [-0.1, -0.05) is 6.07 Å². The summed E-state index contributed by atoms with van der Waals surface area (Å²) < 4.78 is 6.82. The molecule has 1 aromatic carbocycles. The molecule has 0 fully saturated rings. The number of nitrogens with zero attached hydrogens (tertiary/aromatic N) is 3. The van der Waals surface area contributed by atoms with Crippen LogP contribution in [0.1, 0.15) is 29.3 Å². The van der Waals surface area contributed by atoms with Gasteiger partial charge in [0, 0.05) is 0 Å². The summed E-state index contributed by atoms with van der Waals surface area (Å²) in [5.41, 5.74) is 8.45. The van der Waals surface area contributed by atoms with Crippen LogP contribution in [-0.4, -0.2) is 21.8 Å². The number of nitro groups is 1. The summed E-state index contributed by atoms with van der Waals surface area (Å²) in [7, 11) is 1.61. The van der Waals surface area contributed by atoms with E-state index in [1.165, 1.54) is 5.56 Å². The zero-order valence-electron chi connectivity index (χ0n) is 11.9. The molecule has 0 spiro atoms. The summed E-state index contributed by atoms with van der Waals surface area (Å²) in [6.45, 7) is 1.60. The number of hydrogen-bond acceptors (Lipinski definition) is 5. The predicted octanol–water partition coefficient (Wildman–Crippen LogP) is 2.23. The topological polar surface area (TPSA) is 96.2 Å². The third-order valence-corrected chi connectivity index (χ3v) is 3.97. The largest absolute Gasteiger partial charge is 0.497 e. The summed E-state index contributed by atoms with van der Waals surface area (Å²) in [6.07, 6.45) is 1.72. The Morgan fingerprint density at radius 2 is 2.29 bits per heavy atom. The Bertz CT molecular complexity index is 723. The standard InChI is InChI=1S/C14H16N4O3/c1-8-13(18(19)20)14(15)17(16-8)12-6-4-9-3-5-10(21-2)7-11(9)12/h3,5,7,12H,4,6,15H2,1-2H3. The van der Waals surface area contributed by atoms with Gasteiger partial charge >= 0.3 is 5.69 Å². The van der Waals surface area contributed by atoms with Crippen molar-refractivity contribution in [3.8, 4) is 5.75 Å². The van der Waals surface area contributed by atoms with E-state index in [-0.39, 0.29) is 17.5 Å². The molecule has 0 radical (unpaired) electrons. The number of benzene rings is 1. The molecule has 0 saturated heterocycles. The quantitative estimate of drug-likeness (QED) is 0.690. The average molecular weight is 288 g/mol. The molecule has 110 valence electrons. The Kier molecular flexibility index (Phi) is 3.04. The smallest absolute Gasteiger partial charge is 0.333 e. The minimum atomic E-state index is -0.477. The molecule has 1 unspecified atom stereocenters. The van der Waals surface area contributed by atoms with Crippen LogP contribution in [0.15, 0.2) is 18.2 Å². The average Bonchev–Trinajstić information content (AvgIpc) is 2.98. The monoisotopic (exact) mass is 288 g/mol. The van der Waals surface area contributed by atoms with Crippen LogP contribution in [0.4, 0.5) is 11.5 Å². The fourth-order valence-electron chi connectivity index (χ4n) is 2.96. The van der Waals surface area contributed by atoms with Crippen LogP contribution in [0.25, 0.3) is 0 Å². The summed E-state index contributed by atoms with van der Waals surface area (Å²) in [4.78, 5) is 10.6.